The first-order valence-corrected chi connectivity index (χ1v) is 14.8. The number of nitrogens with one attached hydrogen (secondary N) is 2. The van der Waals surface area contributed by atoms with Crippen LogP contribution in [0.3, 0.4) is 0 Å². The maximum absolute atomic E-state index is 14.5. The monoisotopic (exact) mass is 597 g/mol. The molecule has 0 aliphatic rings. The van der Waals surface area contributed by atoms with Crippen molar-refractivity contribution in [3.05, 3.63) is 64.7 Å². The number of esters is 1. The zero-order valence-corrected chi connectivity index (χ0v) is 26.5. The fourth-order valence-corrected chi connectivity index (χ4v) is 4.72. The van der Waals surface area contributed by atoms with Crippen LogP contribution in [0.1, 0.15) is 82.2 Å². The Hall–Kier alpha value is -4.08. The van der Waals surface area contributed by atoms with Crippen LogP contribution < -0.4 is 10.6 Å². The molecule has 2 aromatic rings. The van der Waals surface area contributed by atoms with E-state index in [0.717, 1.165) is 17.5 Å². The van der Waals surface area contributed by atoms with E-state index in [1.165, 1.54) is 17.0 Å². The van der Waals surface area contributed by atoms with Gasteiger partial charge in [-0.25, -0.2) is 4.79 Å². The van der Waals surface area contributed by atoms with E-state index in [1.54, 1.807) is 39.8 Å². The van der Waals surface area contributed by atoms with Crippen LogP contribution in [0.25, 0.3) is 0 Å². The minimum atomic E-state index is -1.07. The van der Waals surface area contributed by atoms with Gasteiger partial charge in [-0.3, -0.25) is 14.4 Å². The summed E-state index contributed by atoms with van der Waals surface area (Å²) < 4.78 is 10.5. The summed E-state index contributed by atoms with van der Waals surface area (Å²) in [6, 6.07) is 9.93. The fourth-order valence-electron chi connectivity index (χ4n) is 4.72. The molecule has 43 heavy (non-hydrogen) atoms. The van der Waals surface area contributed by atoms with E-state index in [2.05, 4.69) is 10.6 Å². The van der Waals surface area contributed by atoms with Gasteiger partial charge in [0.2, 0.25) is 11.8 Å². The molecule has 3 amide bonds. The van der Waals surface area contributed by atoms with Crippen LogP contribution in [-0.2, 0) is 30.3 Å². The number of aryl methyl sites for hydroxylation is 2. The van der Waals surface area contributed by atoms with E-state index in [4.69, 9.17) is 9.47 Å². The normalized spacial score (nSPS) is 12.5. The van der Waals surface area contributed by atoms with Crippen LogP contribution in [0.5, 0.6) is 5.75 Å². The number of ether oxygens (including phenoxy) is 2. The average molecular weight is 598 g/mol. The molecule has 0 saturated heterocycles. The molecule has 3 N–H and O–H groups in total. The quantitative estimate of drug-likeness (QED) is 0.264. The third-order valence-corrected chi connectivity index (χ3v) is 6.71. The number of phenolic OH excluding ortho intramolecular Hbond substituents is 1. The van der Waals surface area contributed by atoms with E-state index in [1.807, 2.05) is 39.0 Å². The second-order valence-corrected chi connectivity index (χ2v) is 11.5. The lowest BCUT2D eigenvalue weighted by atomic mass is 9.93. The third-order valence-electron chi connectivity index (χ3n) is 6.71. The number of carbonyl (C=O) groups is 4. The van der Waals surface area contributed by atoms with E-state index in [-0.39, 0.29) is 38.3 Å². The molecule has 0 aromatic heterocycles. The van der Waals surface area contributed by atoms with Crippen molar-refractivity contribution in [2.75, 3.05) is 19.7 Å². The summed E-state index contributed by atoms with van der Waals surface area (Å²) in [5.41, 5.74) is 2.24. The maximum Gasteiger partial charge on any atom is 0.408 e. The first kappa shape index (κ1) is 35.1. The van der Waals surface area contributed by atoms with Gasteiger partial charge in [-0.05, 0) is 82.3 Å². The number of unbranched alkanes of at least 4 members (excludes halogenated alkanes) is 1. The van der Waals surface area contributed by atoms with Crippen molar-refractivity contribution >= 4 is 23.9 Å². The van der Waals surface area contributed by atoms with Crippen molar-refractivity contribution in [1.29, 1.82) is 0 Å². The minimum Gasteiger partial charge on any atom is -0.508 e. The predicted octanol–water partition coefficient (Wildman–Crippen LogP) is 4.88. The van der Waals surface area contributed by atoms with Crippen molar-refractivity contribution in [1.82, 2.24) is 15.5 Å². The first-order chi connectivity index (χ1) is 20.3. The van der Waals surface area contributed by atoms with Crippen molar-refractivity contribution in [2.24, 2.45) is 0 Å². The van der Waals surface area contributed by atoms with Gasteiger partial charge in [-0.2, -0.15) is 0 Å². The first-order valence-electron chi connectivity index (χ1n) is 14.8. The van der Waals surface area contributed by atoms with Gasteiger partial charge in [0, 0.05) is 19.5 Å². The van der Waals surface area contributed by atoms with Gasteiger partial charge in [0.25, 0.3) is 0 Å². The van der Waals surface area contributed by atoms with Gasteiger partial charge in [0.15, 0.2) is 0 Å². The molecule has 0 saturated carbocycles. The number of hydrogen-bond acceptors (Lipinski definition) is 7. The molecule has 2 rings (SSSR count). The molecule has 0 aliphatic heterocycles. The number of rotatable bonds is 14. The molecule has 0 heterocycles. The molecular weight excluding hydrogens is 550 g/mol. The molecule has 2 unspecified atom stereocenters. The molecule has 0 aliphatic carbocycles. The molecule has 2 aromatic carbocycles. The highest BCUT2D eigenvalue weighted by atomic mass is 16.6. The molecular formula is C33H47N3O7. The van der Waals surface area contributed by atoms with Crippen molar-refractivity contribution in [3.8, 4) is 5.75 Å². The fraction of sp³-hybridized carbons (Fsp3) is 0.515. The van der Waals surface area contributed by atoms with Crippen molar-refractivity contribution < 1.29 is 33.8 Å². The highest BCUT2D eigenvalue weighted by Gasteiger charge is 2.37. The van der Waals surface area contributed by atoms with Crippen molar-refractivity contribution in [2.45, 2.75) is 91.8 Å². The molecule has 0 radical (unpaired) electrons. The summed E-state index contributed by atoms with van der Waals surface area (Å²) in [5.74, 6) is -1.25. The highest BCUT2D eigenvalue weighted by Crippen LogP contribution is 2.29. The van der Waals surface area contributed by atoms with Crippen LogP contribution in [-0.4, -0.2) is 65.2 Å². The Bertz CT molecular complexity index is 1220. The van der Waals surface area contributed by atoms with E-state index in [9.17, 15) is 24.3 Å². The zero-order valence-electron chi connectivity index (χ0n) is 26.5. The van der Waals surface area contributed by atoms with Gasteiger partial charge < -0.3 is 30.1 Å². The Labute approximate surface area is 255 Å². The van der Waals surface area contributed by atoms with Gasteiger partial charge in [0.1, 0.15) is 23.4 Å². The van der Waals surface area contributed by atoms with Crippen LogP contribution in [0.4, 0.5) is 4.79 Å². The minimum absolute atomic E-state index is 0.00830. The molecule has 0 fully saturated rings. The number of amides is 3. The number of hydrogen-bond donors (Lipinski definition) is 3. The Morgan fingerprint density at radius 2 is 1.60 bits per heavy atom. The highest BCUT2D eigenvalue weighted by molar-refractivity contribution is 5.93. The molecule has 236 valence electrons. The number of aromatic hydroxyl groups is 1. The number of benzene rings is 2. The summed E-state index contributed by atoms with van der Waals surface area (Å²) >= 11 is 0. The van der Waals surface area contributed by atoms with Gasteiger partial charge in [-0.1, -0.05) is 43.7 Å². The second kappa shape index (κ2) is 16.5. The summed E-state index contributed by atoms with van der Waals surface area (Å²) in [4.78, 5) is 54.8. The largest absolute Gasteiger partial charge is 0.508 e. The van der Waals surface area contributed by atoms with E-state index >= 15 is 0 Å². The van der Waals surface area contributed by atoms with Crippen LogP contribution in [0.15, 0.2) is 42.5 Å². The average Bonchev–Trinajstić information content (AvgIpc) is 2.91. The van der Waals surface area contributed by atoms with Crippen LogP contribution in [0, 0.1) is 13.8 Å². The lowest BCUT2D eigenvalue weighted by Gasteiger charge is -2.36. The van der Waals surface area contributed by atoms with Crippen LogP contribution in [0.2, 0.25) is 0 Å². The van der Waals surface area contributed by atoms with Crippen LogP contribution >= 0.6 is 0 Å². The van der Waals surface area contributed by atoms with Gasteiger partial charge in [-0.15, -0.1) is 0 Å². The summed E-state index contributed by atoms with van der Waals surface area (Å²) in [6.07, 6.45) is 0.705. The summed E-state index contributed by atoms with van der Waals surface area (Å²) in [5, 5.41) is 15.3. The third kappa shape index (κ3) is 11.3. The van der Waals surface area contributed by atoms with Crippen molar-refractivity contribution in [3.63, 3.8) is 0 Å². The molecule has 10 heteroatoms. The Morgan fingerprint density at radius 1 is 0.977 bits per heavy atom. The Morgan fingerprint density at radius 3 is 2.16 bits per heavy atom. The van der Waals surface area contributed by atoms with Gasteiger partial charge >= 0.3 is 12.1 Å². The smallest absolute Gasteiger partial charge is 0.408 e. The lowest BCUT2D eigenvalue weighted by Crippen LogP contribution is -2.54. The van der Waals surface area contributed by atoms with E-state index < -0.39 is 41.6 Å². The number of carbonyl (C=O) groups excluding carboxylic acids is 4. The maximum atomic E-state index is 14.5. The lowest BCUT2D eigenvalue weighted by molar-refractivity contribution is -0.144. The topological polar surface area (TPSA) is 134 Å². The number of nitrogens with zero attached hydrogens (tertiary/aromatic N) is 1. The predicted molar refractivity (Wildman–Crippen MR) is 165 cm³/mol. The zero-order chi connectivity index (χ0) is 32.2. The number of phenols is 1. The number of alkyl carbamates (subject to hydrolysis) is 1. The summed E-state index contributed by atoms with van der Waals surface area (Å²) in [7, 11) is 0. The Kier molecular flexibility index (Phi) is 13.5. The molecule has 2 atom stereocenters. The standard InChI is InChI=1S/C33H47N3O7/c1-8-10-20-36(29(28-22(3)12-11-13-23(28)4)30(39)34-19-18-27(38)42-9-2)31(40)26(35-32(41)43-33(5,6)7)21-24-14-16-25(37)17-15-24/h11-17,26,29,37H,8-10,18-21H2,1-7H3,(H,34,39)(H,35,41). The summed E-state index contributed by atoms with van der Waals surface area (Å²) in [6.45, 7) is 13.2. The molecule has 10 nitrogen and oxygen atoms in total. The second-order valence-electron chi connectivity index (χ2n) is 11.5. The SMILES string of the molecule is CCCCN(C(=O)C(Cc1ccc(O)cc1)NC(=O)OC(C)(C)C)C(C(=O)NCCC(=O)OCC)c1c(C)cccc1C. The van der Waals surface area contributed by atoms with E-state index in [0.29, 0.717) is 17.5 Å². The van der Waals surface area contributed by atoms with Gasteiger partial charge in [0.05, 0.1) is 13.0 Å². The molecule has 0 spiro atoms. The molecule has 0 bridgehead atoms. The Balaban J connectivity index is 2.56.